The molecule has 1 atom stereocenters. The maximum Gasteiger partial charge on any atom is 0.119 e. The van der Waals surface area contributed by atoms with Crippen LogP contribution < -0.4 is 14.8 Å². The number of hydrogen-bond acceptors (Lipinski definition) is 3. The van der Waals surface area contributed by atoms with Crippen molar-refractivity contribution in [2.24, 2.45) is 0 Å². The monoisotopic (exact) mass is 271 g/mol. The molecule has 3 heteroatoms. The van der Waals surface area contributed by atoms with Crippen LogP contribution in [0, 0.1) is 0 Å². The minimum atomic E-state index is 0.140. The highest BCUT2D eigenvalue weighted by Crippen LogP contribution is 2.26. The summed E-state index contributed by atoms with van der Waals surface area (Å²) in [5.74, 6) is 1.77. The Kier molecular flexibility index (Phi) is 5.02. The highest BCUT2D eigenvalue weighted by molar-refractivity contribution is 5.38. The molecule has 20 heavy (non-hydrogen) atoms. The average molecular weight is 271 g/mol. The van der Waals surface area contributed by atoms with Crippen molar-refractivity contribution < 1.29 is 9.47 Å². The zero-order valence-corrected chi connectivity index (χ0v) is 12.2. The normalized spacial score (nSPS) is 11.9. The number of methoxy groups -OCH3 is 1. The first-order valence-corrected chi connectivity index (χ1v) is 6.82. The smallest absolute Gasteiger partial charge is 0.119 e. The number of rotatable bonds is 6. The van der Waals surface area contributed by atoms with Gasteiger partial charge in [0.25, 0.3) is 0 Å². The summed E-state index contributed by atoms with van der Waals surface area (Å²) in [6.45, 7) is 2.67. The largest absolute Gasteiger partial charge is 0.497 e. The maximum atomic E-state index is 5.57. The SMILES string of the molecule is CCOc1cccc(C(NC)c2ccc(OC)cc2)c1. The topological polar surface area (TPSA) is 30.5 Å². The van der Waals surface area contributed by atoms with Gasteiger partial charge in [-0.25, -0.2) is 0 Å². The molecule has 0 radical (unpaired) electrons. The molecule has 1 unspecified atom stereocenters. The van der Waals surface area contributed by atoms with Gasteiger partial charge < -0.3 is 14.8 Å². The van der Waals surface area contributed by atoms with Crippen molar-refractivity contribution in [3.63, 3.8) is 0 Å². The lowest BCUT2D eigenvalue weighted by Crippen LogP contribution is -2.17. The molecule has 0 fully saturated rings. The van der Waals surface area contributed by atoms with Crippen LogP contribution in [0.1, 0.15) is 24.1 Å². The van der Waals surface area contributed by atoms with E-state index in [1.807, 2.05) is 38.2 Å². The molecule has 2 rings (SSSR count). The van der Waals surface area contributed by atoms with Crippen molar-refractivity contribution in [3.05, 3.63) is 59.7 Å². The van der Waals surface area contributed by atoms with Crippen LogP contribution in [0.2, 0.25) is 0 Å². The number of ether oxygens (including phenoxy) is 2. The third-order valence-electron chi connectivity index (χ3n) is 3.24. The summed E-state index contributed by atoms with van der Waals surface area (Å²) in [6.07, 6.45) is 0. The van der Waals surface area contributed by atoms with Crippen molar-refractivity contribution in [3.8, 4) is 11.5 Å². The fraction of sp³-hybridized carbons (Fsp3) is 0.294. The van der Waals surface area contributed by atoms with Gasteiger partial charge in [-0.1, -0.05) is 24.3 Å². The molecule has 0 aromatic heterocycles. The molecule has 0 amide bonds. The molecule has 3 nitrogen and oxygen atoms in total. The molecule has 106 valence electrons. The molecule has 0 aliphatic rings. The van der Waals surface area contributed by atoms with Crippen LogP contribution in [0.15, 0.2) is 48.5 Å². The van der Waals surface area contributed by atoms with E-state index in [-0.39, 0.29) is 6.04 Å². The summed E-state index contributed by atoms with van der Waals surface area (Å²) in [4.78, 5) is 0. The van der Waals surface area contributed by atoms with Gasteiger partial charge in [0, 0.05) is 0 Å². The summed E-state index contributed by atoms with van der Waals surface area (Å²) >= 11 is 0. The van der Waals surface area contributed by atoms with Crippen molar-refractivity contribution in [2.45, 2.75) is 13.0 Å². The molecule has 1 N–H and O–H groups in total. The molecular weight excluding hydrogens is 250 g/mol. The molecule has 0 aliphatic carbocycles. The maximum absolute atomic E-state index is 5.57. The molecule has 0 aliphatic heterocycles. The average Bonchev–Trinajstić information content (AvgIpc) is 2.49. The zero-order chi connectivity index (χ0) is 14.4. The molecule has 0 spiro atoms. The number of benzene rings is 2. The van der Waals surface area contributed by atoms with Gasteiger partial charge in [-0.3, -0.25) is 0 Å². The van der Waals surface area contributed by atoms with Gasteiger partial charge in [-0.05, 0) is 49.4 Å². The second-order valence-corrected chi connectivity index (χ2v) is 4.50. The van der Waals surface area contributed by atoms with E-state index in [4.69, 9.17) is 9.47 Å². The van der Waals surface area contributed by atoms with E-state index in [0.29, 0.717) is 6.61 Å². The molecule has 2 aromatic rings. The number of nitrogens with one attached hydrogen (secondary N) is 1. The van der Waals surface area contributed by atoms with Crippen LogP contribution in [0.3, 0.4) is 0 Å². The van der Waals surface area contributed by atoms with Crippen molar-refractivity contribution >= 4 is 0 Å². The Morgan fingerprint density at radius 2 is 1.75 bits per heavy atom. The summed E-state index contributed by atoms with van der Waals surface area (Å²) in [7, 11) is 3.64. The van der Waals surface area contributed by atoms with Crippen LogP contribution >= 0.6 is 0 Å². The quantitative estimate of drug-likeness (QED) is 0.873. The van der Waals surface area contributed by atoms with E-state index in [0.717, 1.165) is 11.5 Å². The summed E-state index contributed by atoms with van der Waals surface area (Å²) in [5, 5.41) is 3.35. The van der Waals surface area contributed by atoms with Gasteiger partial charge in [0.05, 0.1) is 19.8 Å². The molecule has 0 bridgehead atoms. The van der Waals surface area contributed by atoms with Crippen LogP contribution in [-0.4, -0.2) is 20.8 Å². The van der Waals surface area contributed by atoms with E-state index >= 15 is 0 Å². The first-order valence-electron chi connectivity index (χ1n) is 6.82. The van der Waals surface area contributed by atoms with E-state index in [9.17, 15) is 0 Å². The Morgan fingerprint density at radius 1 is 1.00 bits per heavy atom. The lowest BCUT2D eigenvalue weighted by molar-refractivity contribution is 0.339. The highest BCUT2D eigenvalue weighted by atomic mass is 16.5. The second kappa shape index (κ2) is 6.96. The fourth-order valence-corrected chi connectivity index (χ4v) is 2.27. The summed E-state index contributed by atoms with van der Waals surface area (Å²) in [5.41, 5.74) is 2.38. The summed E-state index contributed by atoms with van der Waals surface area (Å²) < 4.78 is 10.8. The molecule has 0 saturated carbocycles. The van der Waals surface area contributed by atoms with Crippen LogP contribution in [-0.2, 0) is 0 Å². The van der Waals surface area contributed by atoms with Crippen LogP contribution in [0.4, 0.5) is 0 Å². The third-order valence-corrected chi connectivity index (χ3v) is 3.24. The third kappa shape index (κ3) is 3.31. The van der Waals surface area contributed by atoms with Gasteiger partial charge in [-0.2, -0.15) is 0 Å². The van der Waals surface area contributed by atoms with Gasteiger partial charge in [0.2, 0.25) is 0 Å². The minimum absolute atomic E-state index is 0.140. The Balaban J connectivity index is 2.28. The molecular formula is C17H21NO2. The van der Waals surface area contributed by atoms with Gasteiger partial charge in [0.15, 0.2) is 0 Å². The Morgan fingerprint density at radius 3 is 2.35 bits per heavy atom. The van der Waals surface area contributed by atoms with Crippen molar-refractivity contribution in [1.82, 2.24) is 5.32 Å². The predicted octanol–water partition coefficient (Wildman–Crippen LogP) is 3.40. The number of hydrogen-bond donors (Lipinski definition) is 1. The highest BCUT2D eigenvalue weighted by Gasteiger charge is 2.12. The summed E-state index contributed by atoms with van der Waals surface area (Å²) in [6, 6.07) is 16.4. The molecule has 2 aromatic carbocycles. The Labute approximate surface area is 120 Å². The lowest BCUT2D eigenvalue weighted by Gasteiger charge is -2.18. The fourth-order valence-electron chi connectivity index (χ4n) is 2.27. The van der Waals surface area contributed by atoms with Crippen LogP contribution in [0.5, 0.6) is 11.5 Å². The molecule has 0 saturated heterocycles. The van der Waals surface area contributed by atoms with Gasteiger partial charge in [0.1, 0.15) is 11.5 Å². The first-order chi connectivity index (χ1) is 9.78. The van der Waals surface area contributed by atoms with E-state index < -0.39 is 0 Å². The second-order valence-electron chi connectivity index (χ2n) is 4.50. The standard InChI is InChI=1S/C17H21NO2/c1-4-20-16-7-5-6-14(12-16)17(18-2)13-8-10-15(19-3)11-9-13/h5-12,17-18H,4H2,1-3H3. The van der Waals surface area contributed by atoms with Crippen LogP contribution in [0.25, 0.3) is 0 Å². The van der Waals surface area contributed by atoms with E-state index in [2.05, 4.69) is 29.6 Å². The predicted molar refractivity (Wildman–Crippen MR) is 81.5 cm³/mol. The van der Waals surface area contributed by atoms with E-state index in [1.54, 1.807) is 7.11 Å². The van der Waals surface area contributed by atoms with Crippen molar-refractivity contribution in [2.75, 3.05) is 20.8 Å². The molecule has 0 heterocycles. The van der Waals surface area contributed by atoms with Crippen molar-refractivity contribution in [1.29, 1.82) is 0 Å². The van der Waals surface area contributed by atoms with Gasteiger partial charge in [-0.15, -0.1) is 0 Å². The Bertz CT molecular complexity index is 537. The zero-order valence-electron chi connectivity index (χ0n) is 12.2. The van der Waals surface area contributed by atoms with E-state index in [1.165, 1.54) is 11.1 Å². The lowest BCUT2D eigenvalue weighted by atomic mass is 9.98. The first kappa shape index (κ1) is 14.4. The van der Waals surface area contributed by atoms with Gasteiger partial charge >= 0.3 is 0 Å². The minimum Gasteiger partial charge on any atom is -0.497 e. The Hall–Kier alpha value is -2.00.